The van der Waals surface area contributed by atoms with Crippen molar-refractivity contribution < 1.29 is 0 Å². The van der Waals surface area contributed by atoms with Crippen LogP contribution in [0.1, 0.15) is 12.5 Å². The summed E-state index contributed by atoms with van der Waals surface area (Å²) in [4.78, 5) is 0. The van der Waals surface area contributed by atoms with E-state index in [9.17, 15) is 0 Å². The fraction of sp³-hybridized carbons (Fsp3) is 0.154. The minimum absolute atomic E-state index is 1.02. The van der Waals surface area contributed by atoms with Crippen molar-refractivity contribution in [2.45, 2.75) is 6.92 Å². The molecule has 1 aromatic rings. The number of rotatable bonds is 3. The van der Waals surface area contributed by atoms with Crippen molar-refractivity contribution in [3.8, 4) is 0 Å². The molecule has 0 saturated carbocycles. The molecule has 0 aliphatic carbocycles. The van der Waals surface area contributed by atoms with E-state index in [0.29, 0.717) is 0 Å². The Morgan fingerprint density at radius 2 is 2.00 bits per heavy atom. The zero-order valence-corrected chi connectivity index (χ0v) is 8.67. The molecule has 1 N–H and O–H groups in total. The highest BCUT2D eigenvalue weighted by Crippen LogP contribution is 2.09. The van der Waals surface area contributed by atoms with Crippen molar-refractivity contribution in [3.63, 3.8) is 0 Å². The lowest BCUT2D eigenvalue weighted by Gasteiger charge is -2.04. The van der Waals surface area contributed by atoms with Gasteiger partial charge in [0.25, 0.3) is 0 Å². The van der Waals surface area contributed by atoms with E-state index < -0.39 is 0 Å². The molecule has 1 aromatic carbocycles. The Morgan fingerprint density at radius 3 is 2.50 bits per heavy atom. The standard InChI is InChI=1S/C13H15N/c1-4-11(2)13(14-3)10-12-8-6-5-7-9-12/h5-10,14H,1H2,2-3H3/b13-10-. The topological polar surface area (TPSA) is 12.0 Å². The van der Waals surface area contributed by atoms with E-state index in [-0.39, 0.29) is 0 Å². The molecule has 0 aromatic heterocycles. The van der Waals surface area contributed by atoms with Gasteiger partial charge < -0.3 is 5.32 Å². The van der Waals surface area contributed by atoms with E-state index in [2.05, 4.69) is 35.8 Å². The fourth-order valence-corrected chi connectivity index (χ4v) is 1.18. The molecule has 14 heavy (non-hydrogen) atoms. The summed E-state index contributed by atoms with van der Waals surface area (Å²) in [5, 5.41) is 3.12. The Hall–Kier alpha value is -1.72. The Kier molecular flexibility index (Phi) is 3.78. The van der Waals surface area contributed by atoms with Crippen LogP contribution in [0.2, 0.25) is 0 Å². The molecular formula is C13H15N. The first kappa shape index (κ1) is 10.4. The van der Waals surface area contributed by atoms with E-state index >= 15 is 0 Å². The smallest absolute Gasteiger partial charge is 0.0451 e. The van der Waals surface area contributed by atoms with Crippen molar-refractivity contribution in [1.29, 1.82) is 0 Å². The van der Waals surface area contributed by atoms with Crippen LogP contribution in [0.25, 0.3) is 6.08 Å². The first-order chi connectivity index (χ1) is 6.77. The second kappa shape index (κ2) is 5.11. The van der Waals surface area contributed by atoms with Gasteiger partial charge >= 0.3 is 0 Å². The zero-order chi connectivity index (χ0) is 10.4. The molecule has 1 heteroatoms. The highest BCUT2D eigenvalue weighted by atomic mass is 14.8. The molecule has 72 valence electrons. The number of likely N-dealkylation sites (N-methyl/N-ethyl adjacent to an activating group) is 1. The summed E-state index contributed by atoms with van der Waals surface area (Å²) in [6, 6.07) is 10.2. The molecule has 0 heterocycles. The molecule has 1 nitrogen and oxygen atoms in total. The average Bonchev–Trinajstić information content (AvgIpc) is 2.26. The summed E-state index contributed by atoms with van der Waals surface area (Å²) >= 11 is 0. The van der Waals surface area contributed by atoms with Gasteiger partial charge in [0, 0.05) is 18.3 Å². The lowest BCUT2D eigenvalue weighted by molar-refractivity contribution is 1.01. The third kappa shape index (κ3) is 2.65. The van der Waals surface area contributed by atoms with E-state index in [1.807, 2.05) is 32.2 Å². The second-order valence-electron chi connectivity index (χ2n) is 3.02. The Balaban J connectivity index is 3.01. The molecule has 0 bridgehead atoms. The van der Waals surface area contributed by atoms with Gasteiger partial charge in [0.05, 0.1) is 0 Å². The van der Waals surface area contributed by atoms with Crippen LogP contribution in [-0.4, -0.2) is 7.05 Å². The maximum Gasteiger partial charge on any atom is 0.0451 e. The summed E-state index contributed by atoms with van der Waals surface area (Å²) in [7, 11) is 1.90. The van der Waals surface area contributed by atoms with Crippen molar-refractivity contribution >= 4 is 6.08 Å². The molecule has 0 saturated heterocycles. The maximum atomic E-state index is 3.63. The van der Waals surface area contributed by atoms with Crippen molar-refractivity contribution in [3.05, 3.63) is 59.5 Å². The van der Waals surface area contributed by atoms with Gasteiger partial charge in [0.2, 0.25) is 0 Å². The molecule has 0 aliphatic rings. The Bertz CT molecular complexity index is 367. The van der Waals surface area contributed by atoms with E-state index in [1.54, 1.807) is 0 Å². The molecule has 0 spiro atoms. The first-order valence-electron chi connectivity index (χ1n) is 4.59. The molecule has 0 aliphatic heterocycles. The number of nitrogens with one attached hydrogen (secondary N) is 1. The van der Waals surface area contributed by atoms with Crippen LogP contribution in [0.5, 0.6) is 0 Å². The van der Waals surface area contributed by atoms with Crippen LogP contribution < -0.4 is 5.32 Å². The van der Waals surface area contributed by atoms with E-state index in [0.717, 1.165) is 11.3 Å². The van der Waals surface area contributed by atoms with Gasteiger partial charge in [-0.15, -0.1) is 5.73 Å². The minimum Gasteiger partial charge on any atom is -0.387 e. The number of allylic oxidation sites excluding steroid dienone is 1. The molecule has 0 fully saturated rings. The summed E-state index contributed by atoms with van der Waals surface area (Å²) in [6.45, 7) is 5.61. The SMILES string of the molecule is C=C=C(C)/C(=C/c1ccccc1)NC. The lowest BCUT2D eigenvalue weighted by Crippen LogP contribution is -2.06. The van der Waals surface area contributed by atoms with Crippen LogP contribution in [0, 0.1) is 0 Å². The van der Waals surface area contributed by atoms with Crippen molar-refractivity contribution in [1.82, 2.24) is 5.32 Å². The third-order valence-corrected chi connectivity index (χ3v) is 2.05. The van der Waals surface area contributed by atoms with Gasteiger partial charge in [0.15, 0.2) is 0 Å². The third-order valence-electron chi connectivity index (χ3n) is 2.05. The summed E-state index contributed by atoms with van der Waals surface area (Å²) in [6.07, 6.45) is 2.08. The number of hydrogen-bond donors (Lipinski definition) is 1. The van der Waals surface area contributed by atoms with E-state index in [4.69, 9.17) is 0 Å². The van der Waals surface area contributed by atoms with E-state index in [1.165, 1.54) is 5.56 Å². The predicted octanol–water partition coefficient (Wildman–Crippen LogP) is 2.98. The maximum absolute atomic E-state index is 3.63. The first-order valence-corrected chi connectivity index (χ1v) is 4.59. The van der Waals surface area contributed by atoms with Crippen LogP contribution >= 0.6 is 0 Å². The molecule has 0 unspecified atom stereocenters. The Labute approximate surface area is 85.5 Å². The number of benzene rings is 1. The van der Waals surface area contributed by atoms with Crippen molar-refractivity contribution in [2.75, 3.05) is 7.05 Å². The highest BCUT2D eigenvalue weighted by Gasteiger charge is 1.95. The molecular weight excluding hydrogens is 170 g/mol. The minimum atomic E-state index is 1.02. The van der Waals surface area contributed by atoms with Crippen LogP contribution in [0.4, 0.5) is 0 Å². The average molecular weight is 185 g/mol. The molecule has 0 atom stereocenters. The summed E-state index contributed by atoms with van der Waals surface area (Å²) in [5.41, 5.74) is 6.12. The Morgan fingerprint density at radius 1 is 1.36 bits per heavy atom. The quantitative estimate of drug-likeness (QED) is 0.564. The van der Waals surface area contributed by atoms with Crippen LogP contribution in [0.15, 0.2) is 53.9 Å². The predicted molar refractivity (Wildman–Crippen MR) is 61.8 cm³/mol. The molecule has 1 rings (SSSR count). The zero-order valence-electron chi connectivity index (χ0n) is 8.67. The van der Waals surface area contributed by atoms with Gasteiger partial charge in [-0.1, -0.05) is 36.9 Å². The van der Waals surface area contributed by atoms with Crippen LogP contribution in [0.3, 0.4) is 0 Å². The van der Waals surface area contributed by atoms with Gasteiger partial charge in [0.1, 0.15) is 0 Å². The summed E-state index contributed by atoms with van der Waals surface area (Å²) < 4.78 is 0. The van der Waals surface area contributed by atoms with Gasteiger partial charge in [-0.2, -0.15) is 0 Å². The second-order valence-corrected chi connectivity index (χ2v) is 3.02. The largest absolute Gasteiger partial charge is 0.387 e. The van der Waals surface area contributed by atoms with Crippen LogP contribution in [-0.2, 0) is 0 Å². The van der Waals surface area contributed by atoms with Crippen molar-refractivity contribution in [2.24, 2.45) is 0 Å². The highest BCUT2D eigenvalue weighted by molar-refractivity contribution is 5.56. The molecule has 0 amide bonds. The summed E-state index contributed by atoms with van der Waals surface area (Å²) in [5.74, 6) is 0. The van der Waals surface area contributed by atoms with Gasteiger partial charge in [-0.05, 0) is 18.6 Å². The monoisotopic (exact) mass is 185 g/mol. The van der Waals surface area contributed by atoms with Gasteiger partial charge in [-0.3, -0.25) is 0 Å². The normalized spacial score (nSPS) is 10.6. The fourth-order valence-electron chi connectivity index (χ4n) is 1.18. The number of hydrogen-bond acceptors (Lipinski definition) is 1. The van der Waals surface area contributed by atoms with Gasteiger partial charge in [-0.25, -0.2) is 0 Å². The molecule has 0 radical (unpaired) electrons. The lowest BCUT2D eigenvalue weighted by atomic mass is 10.1.